The van der Waals surface area contributed by atoms with Gasteiger partial charge in [-0.3, -0.25) is 4.52 Å². The molecule has 0 aliphatic heterocycles. The van der Waals surface area contributed by atoms with Gasteiger partial charge in [0.15, 0.2) is 0 Å². The van der Waals surface area contributed by atoms with Gasteiger partial charge in [-0.2, -0.15) is 0 Å². The molecule has 0 spiro atoms. The van der Waals surface area contributed by atoms with Crippen LogP contribution in [-0.4, -0.2) is 72.9 Å². The molecule has 0 radical (unpaired) electrons. The molecule has 0 fully saturated rings. The first-order valence-corrected chi connectivity index (χ1v) is 4.86. The van der Waals surface area contributed by atoms with Crippen LogP contribution in [0.5, 0.6) is 0 Å². The molecule has 0 aliphatic rings. The summed E-state index contributed by atoms with van der Waals surface area (Å²) in [5, 5.41) is 0. The van der Waals surface area contributed by atoms with Crippen LogP contribution >= 0.6 is 7.82 Å². The zero-order valence-electron chi connectivity index (χ0n) is 6.80. The summed E-state index contributed by atoms with van der Waals surface area (Å²) in [5.74, 6) is 0. The summed E-state index contributed by atoms with van der Waals surface area (Å²) < 4.78 is 23.8. The summed E-state index contributed by atoms with van der Waals surface area (Å²) in [6, 6.07) is 0. The first-order chi connectivity index (χ1) is 5.56. The fourth-order valence-electron chi connectivity index (χ4n) is 0.459. The van der Waals surface area contributed by atoms with E-state index in [0.717, 1.165) is 0 Å². The van der Waals surface area contributed by atoms with Crippen molar-refractivity contribution >= 4 is 37.4 Å². The van der Waals surface area contributed by atoms with Crippen LogP contribution in [-0.2, 0) is 18.6 Å². The van der Waals surface area contributed by atoms with Crippen LogP contribution in [0.4, 0.5) is 0 Å². The Morgan fingerprint density at radius 3 is 2.15 bits per heavy atom. The summed E-state index contributed by atoms with van der Waals surface area (Å²) in [7, 11) is -2.80. The molecule has 0 aromatic heterocycles. The molecule has 0 saturated heterocycles. The van der Waals surface area contributed by atoms with E-state index in [0.29, 0.717) is 13.2 Å². The van der Waals surface area contributed by atoms with Gasteiger partial charge >= 0.3 is 37.4 Å². The van der Waals surface area contributed by atoms with Gasteiger partial charge in [-0.05, 0) is 0 Å². The van der Waals surface area contributed by atoms with Crippen molar-refractivity contribution in [2.75, 3.05) is 33.5 Å². The van der Waals surface area contributed by atoms with Gasteiger partial charge in [0.2, 0.25) is 0 Å². The maximum atomic E-state index is 10.1. The normalized spacial score (nSPS) is 11.0. The monoisotopic (exact) mass is 224 g/mol. The molecular formula is C5H14NaO6P. The molecule has 0 atom stereocenters. The van der Waals surface area contributed by atoms with E-state index in [-0.39, 0.29) is 42.8 Å². The zero-order chi connectivity index (χ0) is 9.45. The molecule has 0 aliphatic carbocycles. The Morgan fingerprint density at radius 2 is 1.69 bits per heavy atom. The van der Waals surface area contributed by atoms with Crippen LogP contribution in [0.1, 0.15) is 0 Å². The Kier molecular flexibility index (Phi) is 12.1. The van der Waals surface area contributed by atoms with Crippen molar-refractivity contribution in [1.82, 2.24) is 0 Å². The number of methoxy groups -OCH3 is 1. The van der Waals surface area contributed by atoms with Crippen LogP contribution in [0.3, 0.4) is 0 Å². The molecule has 0 bridgehead atoms. The molecule has 0 heterocycles. The number of hydrogen-bond donors (Lipinski definition) is 2. The number of ether oxygens (including phenoxy) is 2. The van der Waals surface area contributed by atoms with Crippen LogP contribution < -0.4 is 0 Å². The Labute approximate surface area is 99.1 Å². The summed E-state index contributed by atoms with van der Waals surface area (Å²) in [4.78, 5) is 16.5. The van der Waals surface area contributed by atoms with Crippen molar-refractivity contribution in [1.29, 1.82) is 0 Å². The molecule has 6 nitrogen and oxygen atoms in total. The number of phosphoric acid groups is 1. The first-order valence-electron chi connectivity index (χ1n) is 3.33. The number of rotatable bonds is 7. The fourth-order valence-corrected chi connectivity index (χ4v) is 0.772. The maximum absolute atomic E-state index is 10.1. The minimum absolute atomic E-state index is 0. The average molecular weight is 224 g/mol. The molecule has 2 N–H and O–H groups in total. The molecule has 0 unspecified atom stereocenters. The van der Waals surface area contributed by atoms with E-state index < -0.39 is 7.82 Å². The first kappa shape index (κ1) is 16.5. The van der Waals surface area contributed by atoms with Crippen LogP contribution in [0.15, 0.2) is 0 Å². The van der Waals surface area contributed by atoms with Gasteiger partial charge in [-0.15, -0.1) is 0 Å². The molecule has 76 valence electrons. The Balaban J connectivity index is 0. The van der Waals surface area contributed by atoms with Crippen molar-refractivity contribution in [2.45, 2.75) is 0 Å². The van der Waals surface area contributed by atoms with Crippen molar-refractivity contribution in [3.63, 3.8) is 0 Å². The summed E-state index contributed by atoms with van der Waals surface area (Å²) in [6.45, 7) is 0.874. The Morgan fingerprint density at radius 1 is 1.15 bits per heavy atom. The molecule has 13 heavy (non-hydrogen) atoms. The third kappa shape index (κ3) is 15.8. The molecule has 0 aromatic rings. The molecule has 0 amide bonds. The number of phosphoric ester groups is 1. The SMILES string of the molecule is COCCOCCOP(=O)(O)O.[NaH]. The second-order valence-electron chi connectivity index (χ2n) is 1.93. The van der Waals surface area contributed by atoms with Gasteiger partial charge in [0.05, 0.1) is 26.4 Å². The topological polar surface area (TPSA) is 85.2 Å². The van der Waals surface area contributed by atoms with E-state index in [2.05, 4.69) is 9.26 Å². The predicted molar refractivity (Wildman–Crippen MR) is 47.8 cm³/mol. The van der Waals surface area contributed by atoms with Crippen molar-refractivity contribution < 1.29 is 28.3 Å². The third-order valence-corrected chi connectivity index (χ3v) is 1.44. The second kappa shape index (κ2) is 9.58. The number of hydrogen-bond acceptors (Lipinski definition) is 4. The standard InChI is InChI=1S/C5H13O6P.Na.H/c1-9-2-3-10-4-5-11-12(6,7)8;;/h2-5H2,1H3,(H2,6,7,8);;. The molecule has 0 aromatic carbocycles. The fraction of sp³-hybridized carbons (Fsp3) is 1.00. The summed E-state index contributed by atoms with van der Waals surface area (Å²) in [6.07, 6.45) is 0. The Hall–Kier alpha value is 1.03. The molecular weight excluding hydrogens is 210 g/mol. The summed E-state index contributed by atoms with van der Waals surface area (Å²) in [5.41, 5.74) is 0. The van der Waals surface area contributed by atoms with Crippen LogP contribution in [0, 0.1) is 0 Å². The predicted octanol–water partition coefficient (Wildman–Crippen LogP) is -0.890. The molecule has 0 rings (SSSR count). The van der Waals surface area contributed by atoms with Gasteiger partial charge in [0.1, 0.15) is 0 Å². The second-order valence-corrected chi connectivity index (χ2v) is 3.17. The van der Waals surface area contributed by atoms with E-state index in [1.165, 1.54) is 7.11 Å². The minimum atomic E-state index is -4.33. The molecule has 0 saturated carbocycles. The van der Waals surface area contributed by atoms with Crippen molar-refractivity contribution in [3.8, 4) is 0 Å². The van der Waals surface area contributed by atoms with Crippen molar-refractivity contribution in [2.24, 2.45) is 0 Å². The van der Waals surface area contributed by atoms with Crippen molar-refractivity contribution in [3.05, 3.63) is 0 Å². The van der Waals surface area contributed by atoms with E-state index in [9.17, 15) is 4.57 Å². The van der Waals surface area contributed by atoms with E-state index >= 15 is 0 Å². The van der Waals surface area contributed by atoms with E-state index in [1.54, 1.807) is 0 Å². The van der Waals surface area contributed by atoms with E-state index in [1.807, 2.05) is 0 Å². The summed E-state index contributed by atoms with van der Waals surface area (Å²) >= 11 is 0. The van der Waals surface area contributed by atoms with Gasteiger partial charge in [-0.25, -0.2) is 4.57 Å². The van der Waals surface area contributed by atoms with Crippen LogP contribution in [0.25, 0.3) is 0 Å². The van der Waals surface area contributed by atoms with Gasteiger partial charge < -0.3 is 19.3 Å². The van der Waals surface area contributed by atoms with Gasteiger partial charge in [0.25, 0.3) is 0 Å². The third-order valence-electron chi connectivity index (χ3n) is 0.919. The van der Waals surface area contributed by atoms with Gasteiger partial charge in [-0.1, -0.05) is 0 Å². The molecule has 8 heteroatoms. The van der Waals surface area contributed by atoms with Crippen LogP contribution in [0.2, 0.25) is 0 Å². The zero-order valence-corrected chi connectivity index (χ0v) is 7.70. The van der Waals surface area contributed by atoms with Gasteiger partial charge in [0, 0.05) is 7.11 Å². The van der Waals surface area contributed by atoms with E-state index in [4.69, 9.17) is 14.5 Å². The Bertz CT molecular complexity index is 148. The quantitative estimate of drug-likeness (QED) is 0.331. The average Bonchev–Trinajstić information content (AvgIpc) is 1.94.